The molecule has 0 heterocycles. The second kappa shape index (κ2) is 7.01. The maximum absolute atomic E-state index is 13.2. The van der Waals surface area contributed by atoms with Gasteiger partial charge in [0.2, 0.25) is 5.78 Å². The Labute approximate surface area is 141 Å². The molecule has 0 amide bonds. The van der Waals surface area contributed by atoms with Crippen molar-refractivity contribution < 1.29 is 14.3 Å². The first-order valence-corrected chi connectivity index (χ1v) is 7.66. The van der Waals surface area contributed by atoms with Gasteiger partial charge < -0.3 is 9.47 Å². The van der Waals surface area contributed by atoms with Crippen molar-refractivity contribution in [2.75, 3.05) is 14.2 Å². The molecular weight excluding hydrogens is 300 g/mol. The van der Waals surface area contributed by atoms with Gasteiger partial charge in [-0.05, 0) is 23.3 Å². The summed E-state index contributed by atoms with van der Waals surface area (Å²) in [5.74, 6) is 0.883. The molecule has 120 valence electrons. The molecule has 0 radical (unpaired) electrons. The number of hydrogen-bond donors (Lipinski definition) is 0. The average molecular weight is 318 g/mol. The van der Waals surface area contributed by atoms with E-state index in [2.05, 4.69) is 0 Å². The summed E-state index contributed by atoms with van der Waals surface area (Å²) in [5.41, 5.74) is 2.93. The average Bonchev–Trinajstić information content (AvgIpc) is 2.67. The third-order valence-corrected chi connectivity index (χ3v) is 3.91. The van der Waals surface area contributed by atoms with Gasteiger partial charge in [0.05, 0.1) is 14.2 Å². The lowest BCUT2D eigenvalue weighted by atomic mass is 9.93. The second-order valence-electron chi connectivity index (χ2n) is 5.28. The first kappa shape index (κ1) is 15.8. The Balaban J connectivity index is 2.17. The normalized spacial score (nSPS) is 10.2. The maximum Gasteiger partial charge on any atom is 0.201 e. The van der Waals surface area contributed by atoms with Gasteiger partial charge in [-0.25, -0.2) is 0 Å². The predicted molar refractivity (Wildman–Crippen MR) is 94.9 cm³/mol. The molecule has 3 aromatic carbocycles. The molecule has 3 aromatic rings. The standard InChI is InChI=1S/C21H18O3/c1-23-18-13-8-14-19(24-2)20(18)21(22)17-12-7-6-11-16(17)15-9-4-3-5-10-15/h3-14H,1-2H3. The monoisotopic (exact) mass is 318 g/mol. The summed E-state index contributed by atoms with van der Waals surface area (Å²) in [6.07, 6.45) is 0. The molecule has 3 nitrogen and oxygen atoms in total. The first-order valence-electron chi connectivity index (χ1n) is 7.66. The van der Waals surface area contributed by atoms with Crippen LogP contribution < -0.4 is 9.47 Å². The number of carbonyl (C=O) groups is 1. The number of benzene rings is 3. The lowest BCUT2D eigenvalue weighted by Gasteiger charge is -2.14. The topological polar surface area (TPSA) is 35.5 Å². The fourth-order valence-electron chi connectivity index (χ4n) is 2.76. The minimum absolute atomic E-state index is 0.122. The van der Waals surface area contributed by atoms with Crippen molar-refractivity contribution in [3.63, 3.8) is 0 Å². The summed E-state index contributed by atoms with van der Waals surface area (Å²) in [6, 6.07) is 22.8. The van der Waals surface area contributed by atoms with Crippen LogP contribution in [-0.4, -0.2) is 20.0 Å². The molecule has 0 aliphatic rings. The SMILES string of the molecule is COc1cccc(OC)c1C(=O)c1ccccc1-c1ccccc1. The van der Waals surface area contributed by atoms with E-state index >= 15 is 0 Å². The van der Waals surface area contributed by atoms with Crippen molar-refractivity contribution in [1.82, 2.24) is 0 Å². The van der Waals surface area contributed by atoms with Gasteiger partial charge in [-0.3, -0.25) is 4.79 Å². The van der Waals surface area contributed by atoms with E-state index in [1.165, 1.54) is 0 Å². The molecule has 0 saturated carbocycles. The number of ether oxygens (including phenoxy) is 2. The molecule has 3 rings (SSSR count). The van der Waals surface area contributed by atoms with Crippen molar-refractivity contribution in [3.05, 3.63) is 83.9 Å². The summed E-state index contributed by atoms with van der Waals surface area (Å²) in [7, 11) is 3.10. The van der Waals surface area contributed by atoms with Crippen LogP contribution in [0.1, 0.15) is 15.9 Å². The van der Waals surface area contributed by atoms with Gasteiger partial charge in [-0.1, -0.05) is 60.7 Å². The Morgan fingerprint density at radius 1 is 0.708 bits per heavy atom. The van der Waals surface area contributed by atoms with Crippen LogP contribution in [0, 0.1) is 0 Å². The lowest BCUT2D eigenvalue weighted by Crippen LogP contribution is -2.08. The number of carbonyl (C=O) groups excluding carboxylic acids is 1. The molecule has 0 aliphatic carbocycles. The van der Waals surface area contributed by atoms with E-state index in [1.54, 1.807) is 32.4 Å². The minimum atomic E-state index is -0.122. The molecule has 0 atom stereocenters. The van der Waals surface area contributed by atoms with Crippen LogP contribution in [0.3, 0.4) is 0 Å². The van der Waals surface area contributed by atoms with Crippen LogP contribution in [0.4, 0.5) is 0 Å². The molecule has 0 aliphatic heterocycles. The van der Waals surface area contributed by atoms with Gasteiger partial charge in [0.1, 0.15) is 17.1 Å². The van der Waals surface area contributed by atoms with Crippen LogP contribution in [0.15, 0.2) is 72.8 Å². The smallest absolute Gasteiger partial charge is 0.201 e. The Morgan fingerprint density at radius 3 is 1.92 bits per heavy atom. The van der Waals surface area contributed by atoms with Crippen molar-refractivity contribution in [2.24, 2.45) is 0 Å². The van der Waals surface area contributed by atoms with Gasteiger partial charge in [0.15, 0.2) is 0 Å². The summed E-state index contributed by atoms with van der Waals surface area (Å²) in [6.45, 7) is 0. The Hall–Kier alpha value is -3.07. The van der Waals surface area contributed by atoms with E-state index in [0.29, 0.717) is 22.6 Å². The molecule has 0 aromatic heterocycles. The second-order valence-corrected chi connectivity index (χ2v) is 5.28. The molecular formula is C21H18O3. The summed E-state index contributed by atoms with van der Waals surface area (Å²) < 4.78 is 10.8. The fraction of sp³-hybridized carbons (Fsp3) is 0.0952. The zero-order chi connectivity index (χ0) is 16.9. The van der Waals surface area contributed by atoms with Gasteiger partial charge in [0.25, 0.3) is 0 Å². The highest BCUT2D eigenvalue weighted by Gasteiger charge is 2.22. The summed E-state index contributed by atoms with van der Waals surface area (Å²) in [5, 5.41) is 0. The summed E-state index contributed by atoms with van der Waals surface area (Å²) in [4.78, 5) is 13.2. The number of methoxy groups -OCH3 is 2. The molecule has 0 bridgehead atoms. The van der Waals surface area contributed by atoms with E-state index in [0.717, 1.165) is 11.1 Å². The Bertz CT molecular complexity index is 832. The molecule has 0 saturated heterocycles. The quantitative estimate of drug-likeness (QED) is 0.645. The zero-order valence-corrected chi connectivity index (χ0v) is 13.7. The zero-order valence-electron chi connectivity index (χ0n) is 13.7. The molecule has 0 spiro atoms. The Kier molecular flexibility index (Phi) is 4.62. The van der Waals surface area contributed by atoms with E-state index < -0.39 is 0 Å². The van der Waals surface area contributed by atoms with E-state index in [1.807, 2.05) is 54.6 Å². The van der Waals surface area contributed by atoms with Gasteiger partial charge in [-0.2, -0.15) is 0 Å². The van der Waals surface area contributed by atoms with Crippen molar-refractivity contribution in [1.29, 1.82) is 0 Å². The highest BCUT2D eigenvalue weighted by Crippen LogP contribution is 2.33. The van der Waals surface area contributed by atoms with Crippen LogP contribution in [0.25, 0.3) is 11.1 Å². The number of ketones is 1. The lowest BCUT2D eigenvalue weighted by molar-refractivity contribution is 0.103. The molecule has 0 fully saturated rings. The van der Waals surface area contributed by atoms with Crippen LogP contribution in [-0.2, 0) is 0 Å². The van der Waals surface area contributed by atoms with E-state index in [-0.39, 0.29) is 5.78 Å². The van der Waals surface area contributed by atoms with Crippen LogP contribution >= 0.6 is 0 Å². The van der Waals surface area contributed by atoms with Crippen molar-refractivity contribution >= 4 is 5.78 Å². The minimum Gasteiger partial charge on any atom is -0.496 e. The van der Waals surface area contributed by atoms with Crippen LogP contribution in [0.5, 0.6) is 11.5 Å². The molecule has 0 unspecified atom stereocenters. The highest BCUT2D eigenvalue weighted by molar-refractivity contribution is 6.15. The number of hydrogen-bond acceptors (Lipinski definition) is 3. The third kappa shape index (κ3) is 2.88. The fourth-order valence-corrected chi connectivity index (χ4v) is 2.76. The van der Waals surface area contributed by atoms with Gasteiger partial charge >= 0.3 is 0 Å². The molecule has 0 N–H and O–H groups in total. The number of rotatable bonds is 5. The third-order valence-electron chi connectivity index (χ3n) is 3.91. The van der Waals surface area contributed by atoms with E-state index in [4.69, 9.17) is 9.47 Å². The van der Waals surface area contributed by atoms with Crippen molar-refractivity contribution in [3.8, 4) is 22.6 Å². The summed E-state index contributed by atoms with van der Waals surface area (Å²) >= 11 is 0. The van der Waals surface area contributed by atoms with Crippen molar-refractivity contribution in [2.45, 2.75) is 0 Å². The molecule has 3 heteroatoms. The maximum atomic E-state index is 13.2. The van der Waals surface area contributed by atoms with Crippen LogP contribution in [0.2, 0.25) is 0 Å². The molecule has 24 heavy (non-hydrogen) atoms. The predicted octanol–water partition coefficient (Wildman–Crippen LogP) is 4.60. The highest BCUT2D eigenvalue weighted by atomic mass is 16.5. The largest absolute Gasteiger partial charge is 0.496 e. The van der Waals surface area contributed by atoms with E-state index in [9.17, 15) is 4.79 Å². The van der Waals surface area contributed by atoms with Gasteiger partial charge in [0, 0.05) is 5.56 Å². The Morgan fingerprint density at radius 2 is 1.29 bits per heavy atom. The first-order chi connectivity index (χ1) is 11.8. The van der Waals surface area contributed by atoms with Gasteiger partial charge in [-0.15, -0.1) is 0 Å².